The summed E-state index contributed by atoms with van der Waals surface area (Å²) in [6.45, 7) is 0.604. The van der Waals surface area contributed by atoms with E-state index in [9.17, 15) is 0 Å². The van der Waals surface area contributed by atoms with Crippen LogP contribution < -0.4 is 14.8 Å². The Morgan fingerprint density at radius 2 is 2.10 bits per heavy atom. The number of nitrogens with one attached hydrogen (secondary N) is 1. The molecule has 1 N–H and O–H groups in total. The number of halogens is 1. The second-order valence-corrected chi connectivity index (χ2v) is 5.06. The van der Waals surface area contributed by atoms with Gasteiger partial charge in [-0.05, 0) is 45.8 Å². The molecule has 0 atom stereocenters. The Kier molecular flexibility index (Phi) is 5.01. The van der Waals surface area contributed by atoms with Gasteiger partial charge >= 0.3 is 0 Å². The maximum absolute atomic E-state index is 8.71. The Balaban J connectivity index is 2.12. The summed E-state index contributed by atoms with van der Waals surface area (Å²) < 4.78 is 11.4. The van der Waals surface area contributed by atoms with E-state index in [1.165, 1.54) is 0 Å². The fourth-order valence-electron chi connectivity index (χ4n) is 1.84. The number of nitrogens with zero attached hydrogens (tertiary/aromatic N) is 2. The lowest BCUT2D eigenvalue weighted by Crippen LogP contribution is -2.01. The number of nitriles is 1. The summed E-state index contributed by atoms with van der Waals surface area (Å²) in [5, 5.41) is 11.9. The van der Waals surface area contributed by atoms with Crippen molar-refractivity contribution < 1.29 is 9.47 Å². The Morgan fingerprint density at radius 1 is 1.29 bits per heavy atom. The second-order valence-electron chi connectivity index (χ2n) is 4.21. The maximum atomic E-state index is 8.71. The highest BCUT2D eigenvalue weighted by atomic mass is 79.9. The number of benzene rings is 1. The van der Waals surface area contributed by atoms with Crippen LogP contribution in [0.25, 0.3) is 0 Å². The summed E-state index contributed by atoms with van der Waals surface area (Å²) in [4.78, 5) is 4.01. The molecule has 6 heteroatoms. The Labute approximate surface area is 131 Å². The number of hydrogen-bond acceptors (Lipinski definition) is 5. The molecule has 1 aromatic heterocycles. The molecule has 0 radical (unpaired) electrons. The summed E-state index contributed by atoms with van der Waals surface area (Å²) in [5.74, 6) is 1.34. The molecule has 108 valence electrons. The molecule has 0 fully saturated rings. The third kappa shape index (κ3) is 3.64. The van der Waals surface area contributed by atoms with Gasteiger partial charge in [-0.1, -0.05) is 0 Å². The first kappa shape index (κ1) is 15.1. The van der Waals surface area contributed by atoms with Gasteiger partial charge in [-0.15, -0.1) is 0 Å². The van der Waals surface area contributed by atoms with Crippen molar-refractivity contribution in [3.05, 3.63) is 46.2 Å². The summed E-state index contributed by atoms with van der Waals surface area (Å²) in [6, 6.07) is 9.36. The highest BCUT2D eigenvalue weighted by molar-refractivity contribution is 9.10. The fourth-order valence-corrected chi connectivity index (χ4v) is 2.49. The predicted molar refractivity (Wildman–Crippen MR) is 83.5 cm³/mol. The molecule has 0 aliphatic carbocycles. The number of methoxy groups -OCH3 is 2. The number of rotatable bonds is 5. The smallest absolute Gasteiger partial charge is 0.174 e. The van der Waals surface area contributed by atoms with Gasteiger partial charge in [0, 0.05) is 6.54 Å². The van der Waals surface area contributed by atoms with Crippen LogP contribution in [-0.4, -0.2) is 19.2 Å². The van der Waals surface area contributed by atoms with Crippen molar-refractivity contribution in [3.63, 3.8) is 0 Å². The van der Waals surface area contributed by atoms with E-state index in [4.69, 9.17) is 14.7 Å². The van der Waals surface area contributed by atoms with E-state index >= 15 is 0 Å². The largest absolute Gasteiger partial charge is 0.493 e. The summed E-state index contributed by atoms with van der Waals surface area (Å²) in [6.07, 6.45) is 1.63. The van der Waals surface area contributed by atoms with Crippen LogP contribution in [0.4, 0.5) is 5.69 Å². The third-order valence-corrected chi connectivity index (χ3v) is 3.46. The molecule has 1 heterocycles. The Hall–Kier alpha value is -2.26. The second kappa shape index (κ2) is 6.95. The Morgan fingerprint density at radius 3 is 2.67 bits per heavy atom. The number of anilines is 1. The monoisotopic (exact) mass is 347 g/mol. The zero-order valence-electron chi connectivity index (χ0n) is 11.7. The van der Waals surface area contributed by atoms with Gasteiger partial charge in [-0.3, -0.25) is 0 Å². The normalized spacial score (nSPS) is 9.81. The fraction of sp³-hybridized carbons (Fsp3) is 0.200. The zero-order chi connectivity index (χ0) is 15.2. The van der Waals surface area contributed by atoms with Crippen LogP contribution in [-0.2, 0) is 6.54 Å². The summed E-state index contributed by atoms with van der Waals surface area (Å²) in [5.41, 5.74) is 2.28. The lowest BCUT2D eigenvalue weighted by atomic mass is 10.2. The molecule has 0 spiro atoms. The maximum Gasteiger partial charge on any atom is 0.174 e. The topological polar surface area (TPSA) is 67.2 Å². The van der Waals surface area contributed by atoms with Crippen LogP contribution in [0.3, 0.4) is 0 Å². The van der Waals surface area contributed by atoms with E-state index in [0.29, 0.717) is 23.7 Å². The van der Waals surface area contributed by atoms with E-state index in [2.05, 4.69) is 26.2 Å². The van der Waals surface area contributed by atoms with Gasteiger partial charge in [0.1, 0.15) is 11.8 Å². The number of ether oxygens (including phenoxy) is 2. The highest BCUT2D eigenvalue weighted by Crippen LogP contribution is 2.36. The molecule has 0 unspecified atom stereocenters. The summed E-state index contributed by atoms with van der Waals surface area (Å²) >= 11 is 3.46. The van der Waals surface area contributed by atoms with Crippen molar-refractivity contribution >= 4 is 21.6 Å². The first-order valence-corrected chi connectivity index (χ1v) is 6.97. The van der Waals surface area contributed by atoms with Gasteiger partial charge in [-0.25, -0.2) is 4.98 Å². The summed E-state index contributed by atoms with van der Waals surface area (Å²) in [7, 11) is 3.20. The quantitative estimate of drug-likeness (QED) is 0.898. The molecule has 21 heavy (non-hydrogen) atoms. The van der Waals surface area contributed by atoms with Gasteiger partial charge < -0.3 is 14.8 Å². The van der Waals surface area contributed by atoms with Crippen LogP contribution in [0.15, 0.2) is 34.9 Å². The van der Waals surface area contributed by atoms with Gasteiger partial charge in [-0.2, -0.15) is 5.26 Å². The van der Waals surface area contributed by atoms with Crippen LogP contribution in [0.2, 0.25) is 0 Å². The molecule has 0 saturated carbocycles. The number of pyridine rings is 1. The molecular formula is C15H14BrN3O2. The minimum Gasteiger partial charge on any atom is -0.493 e. The molecule has 0 bridgehead atoms. The molecule has 5 nitrogen and oxygen atoms in total. The molecule has 0 aliphatic rings. The van der Waals surface area contributed by atoms with Gasteiger partial charge in [0.2, 0.25) is 0 Å². The van der Waals surface area contributed by atoms with Gasteiger partial charge in [0.05, 0.1) is 30.6 Å². The van der Waals surface area contributed by atoms with E-state index in [0.717, 1.165) is 15.7 Å². The molecule has 1 aromatic carbocycles. The van der Waals surface area contributed by atoms with Gasteiger partial charge in [0.15, 0.2) is 11.5 Å². The first-order chi connectivity index (χ1) is 10.2. The average molecular weight is 348 g/mol. The molecule has 0 aliphatic heterocycles. The lowest BCUT2D eigenvalue weighted by Gasteiger charge is -2.13. The number of aromatic nitrogens is 1. The predicted octanol–water partition coefficient (Wildman–Crippen LogP) is 3.35. The molecule has 0 saturated heterocycles. The van der Waals surface area contributed by atoms with Crippen molar-refractivity contribution in [3.8, 4) is 17.6 Å². The average Bonchev–Trinajstić information content (AvgIpc) is 2.52. The van der Waals surface area contributed by atoms with Crippen molar-refractivity contribution in [1.82, 2.24) is 4.98 Å². The van der Waals surface area contributed by atoms with Crippen molar-refractivity contribution in [2.45, 2.75) is 6.54 Å². The molecule has 2 rings (SSSR count). The van der Waals surface area contributed by atoms with E-state index < -0.39 is 0 Å². The van der Waals surface area contributed by atoms with Crippen LogP contribution in [0, 0.1) is 11.3 Å². The Bertz CT molecular complexity index is 666. The lowest BCUT2D eigenvalue weighted by molar-refractivity contribution is 0.352. The molecular weight excluding hydrogens is 334 g/mol. The van der Waals surface area contributed by atoms with Crippen molar-refractivity contribution in [1.29, 1.82) is 5.26 Å². The zero-order valence-corrected chi connectivity index (χ0v) is 13.3. The minimum atomic E-state index is 0.398. The van der Waals surface area contributed by atoms with Crippen molar-refractivity contribution in [2.24, 2.45) is 0 Å². The SMILES string of the molecule is COc1cc(CNc2ccc(C#N)nc2)cc(Br)c1OC. The third-order valence-electron chi connectivity index (χ3n) is 2.87. The first-order valence-electron chi connectivity index (χ1n) is 6.18. The van der Waals surface area contributed by atoms with Crippen molar-refractivity contribution in [2.75, 3.05) is 19.5 Å². The highest BCUT2D eigenvalue weighted by Gasteiger charge is 2.10. The van der Waals surface area contributed by atoms with E-state index in [1.54, 1.807) is 26.5 Å². The molecule has 2 aromatic rings. The van der Waals surface area contributed by atoms with E-state index in [1.807, 2.05) is 24.3 Å². The van der Waals surface area contributed by atoms with Crippen LogP contribution in [0.5, 0.6) is 11.5 Å². The number of hydrogen-bond donors (Lipinski definition) is 1. The van der Waals surface area contributed by atoms with E-state index in [-0.39, 0.29) is 0 Å². The van der Waals surface area contributed by atoms with Crippen LogP contribution >= 0.6 is 15.9 Å². The van der Waals surface area contributed by atoms with Crippen LogP contribution in [0.1, 0.15) is 11.3 Å². The molecule has 0 amide bonds. The van der Waals surface area contributed by atoms with Gasteiger partial charge in [0.25, 0.3) is 0 Å². The standard InChI is InChI=1S/C15H14BrN3O2/c1-20-14-6-10(5-13(16)15(14)21-2)8-18-12-4-3-11(7-17)19-9-12/h3-6,9,18H,8H2,1-2H3. The minimum absolute atomic E-state index is 0.398.